The summed E-state index contributed by atoms with van der Waals surface area (Å²) in [5, 5.41) is 5.58. The molecule has 0 aliphatic carbocycles. The lowest BCUT2D eigenvalue weighted by Gasteiger charge is -2.35. The quantitative estimate of drug-likeness (QED) is 0.254. The highest BCUT2D eigenvalue weighted by Gasteiger charge is 2.36. The van der Waals surface area contributed by atoms with E-state index in [1.54, 1.807) is 20.8 Å². The Morgan fingerprint density at radius 2 is 1.54 bits per heavy atom. The fraction of sp³-hybridized carbons (Fsp3) is 0.667. The van der Waals surface area contributed by atoms with Crippen LogP contribution in [-0.2, 0) is 19.1 Å². The molecule has 39 heavy (non-hydrogen) atoms. The molecule has 0 aliphatic heterocycles. The molecule has 220 valence electrons. The molecule has 0 saturated carbocycles. The van der Waals surface area contributed by atoms with Gasteiger partial charge in [-0.05, 0) is 59.9 Å². The molecule has 0 heterocycles. The van der Waals surface area contributed by atoms with Crippen molar-refractivity contribution >= 4 is 23.8 Å². The van der Waals surface area contributed by atoms with Crippen LogP contribution in [0.25, 0.3) is 0 Å². The minimum absolute atomic E-state index is 0.00712. The number of nitrogens with zero attached hydrogens (tertiary/aromatic N) is 1. The molecule has 4 N–H and O–H groups in total. The van der Waals surface area contributed by atoms with Gasteiger partial charge >= 0.3 is 6.09 Å². The zero-order chi connectivity index (χ0) is 29.6. The maximum atomic E-state index is 14.1. The first kappa shape index (κ1) is 33.9. The van der Waals surface area contributed by atoms with Gasteiger partial charge in [0.05, 0.1) is 0 Å². The maximum absolute atomic E-state index is 14.1. The van der Waals surface area contributed by atoms with E-state index in [2.05, 4.69) is 17.6 Å². The summed E-state index contributed by atoms with van der Waals surface area (Å²) >= 11 is 0. The third-order valence-corrected chi connectivity index (χ3v) is 6.09. The predicted molar refractivity (Wildman–Crippen MR) is 154 cm³/mol. The van der Waals surface area contributed by atoms with Crippen LogP contribution in [0.2, 0.25) is 0 Å². The van der Waals surface area contributed by atoms with Crippen molar-refractivity contribution in [2.24, 2.45) is 5.73 Å². The number of aryl methyl sites for hydroxylation is 1. The van der Waals surface area contributed by atoms with Crippen molar-refractivity contribution in [2.75, 3.05) is 6.54 Å². The molecular weight excluding hydrogens is 496 g/mol. The predicted octanol–water partition coefficient (Wildman–Crippen LogP) is 4.91. The second-order valence-corrected chi connectivity index (χ2v) is 11.5. The topological polar surface area (TPSA) is 131 Å². The Bertz CT molecular complexity index is 924. The molecule has 1 aromatic rings. The maximum Gasteiger partial charge on any atom is 0.408 e. The fourth-order valence-electron chi connectivity index (χ4n) is 4.21. The Morgan fingerprint density at radius 1 is 0.949 bits per heavy atom. The first-order valence-electron chi connectivity index (χ1n) is 14.2. The number of carbonyl (C=O) groups is 4. The summed E-state index contributed by atoms with van der Waals surface area (Å²) in [4.78, 5) is 53.5. The van der Waals surface area contributed by atoms with Crippen molar-refractivity contribution in [3.8, 4) is 0 Å². The van der Waals surface area contributed by atoms with Gasteiger partial charge in [-0.3, -0.25) is 14.4 Å². The van der Waals surface area contributed by atoms with E-state index in [-0.39, 0.29) is 24.8 Å². The number of carbonyl (C=O) groups excluding carboxylic acids is 4. The Kier molecular flexibility index (Phi) is 14.6. The molecule has 0 radical (unpaired) electrons. The summed E-state index contributed by atoms with van der Waals surface area (Å²) in [6, 6.07) is 5.37. The molecule has 2 atom stereocenters. The van der Waals surface area contributed by atoms with E-state index in [0.717, 1.165) is 37.7 Å². The highest BCUT2D eigenvalue weighted by molar-refractivity contribution is 5.92. The largest absolute Gasteiger partial charge is 0.444 e. The molecule has 0 fully saturated rings. The van der Waals surface area contributed by atoms with E-state index in [9.17, 15) is 19.2 Å². The molecule has 0 aliphatic rings. The average molecular weight is 547 g/mol. The molecule has 1 rings (SSSR count). The van der Waals surface area contributed by atoms with Gasteiger partial charge in [0.25, 0.3) is 0 Å². The lowest BCUT2D eigenvalue weighted by molar-refractivity contribution is -0.143. The van der Waals surface area contributed by atoms with Gasteiger partial charge in [-0.25, -0.2) is 4.79 Å². The van der Waals surface area contributed by atoms with Crippen LogP contribution in [0.3, 0.4) is 0 Å². The molecule has 0 bridgehead atoms. The number of hydrogen-bond donors (Lipinski definition) is 3. The number of amides is 4. The van der Waals surface area contributed by atoms with E-state index < -0.39 is 35.6 Å². The number of alkyl carbamates (subject to hydrolysis) is 1. The van der Waals surface area contributed by atoms with Crippen molar-refractivity contribution < 1.29 is 23.9 Å². The zero-order valence-corrected chi connectivity index (χ0v) is 25.0. The number of ether oxygens (including phenoxy) is 1. The van der Waals surface area contributed by atoms with Crippen LogP contribution in [0, 0.1) is 6.92 Å². The van der Waals surface area contributed by atoms with Crippen molar-refractivity contribution in [3.05, 3.63) is 35.4 Å². The number of hydrogen-bond acceptors (Lipinski definition) is 5. The summed E-state index contributed by atoms with van der Waals surface area (Å²) in [5.74, 6) is -1.35. The van der Waals surface area contributed by atoms with Gasteiger partial charge in [-0.1, -0.05) is 68.9 Å². The van der Waals surface area contributed by atoms with Crippen molar-refractivity contribution in [2.45, 2.75) is 124 Å². The smallest absolute Gasteiger partial charge is 0.408 e. The van der Waals surface area contributed by atoms with Gasteiger partial charge < -0.3 is 26.0 Å². The highest BCUT2D eigenvalue weighted by atomic mass is 16.6. The van der Waals surface area contributed by atoms with Gasteiger partial charge in [0.2, 0.25) is 17.7 Å². The monoisotopic (exact) mass is 546 g/mol. The molecule has 1 aromatic carbocycles. The minimum Gasteiger partial charge on any atom is -0.444 e. The molecule has 0 saturated heterocycles. The number of primary amides is 1. The molecule has 9 nitrogen and oxygen atoms in total. The van der Waals surface area contributed by atoms with Gasteiger partial charge in [-0.2, -0.15) is 0 Å². The normalized spacial score (nSPS) is 12.9. The Balaban J connectivity index is 3.42. The van der Waals surface area contributed by atoms with Crippen LogP contribution in [0.4, 0.5) is 4.79 Å². The second-order valence-electron chi connectivity index (χ2n) is 11.5. The average Bonchev–Trinajstić information content (AvgIpc) is 2.82. The van der Waals surface area contributed by atoms with E-state index in [4.69, 9.17) is 10.5 Å². The standard InChI is InChI=1S/C30H50N4O5/c1-8-9-10-11-12-13-20-34(26(27(36)32-21(2)3)23-16-14-22(4)15-17-23)28(37)24(18-19-25(31)35)33-29(38)39-30(5,6)7/h14-17,21,24,26H,8-13,18-20H2,1-7H3,(H2,31,35)(H,32,36)(H,33,38). The molecule has 0 aromatic heterocycles. The molecule has 9 heteroatoms. The number of nitrogens with two attached hydrogens (primary N) is 1. The number of unbranched alkanes of at least 4 members (excludes halogenated alkanes) is 5. The van der Waals surface area contributed by atoms with Gasteiger partial charge in [0.15, 0.2) is 0 Å². The Labute approximate surface area is 234 Å². The summed E-state index contributed by atoms with van der Waals surface area (Å²) in [6.45, 7) is 13.3. The lowest BCUT2D eigenvalue weighted by atomic mass is 9.99. The second kappa shape index (κ2) is 16.8. The molecule has 0 spiro atoms. The summed E-state index contributed by atoms with van der Waals surface area (Å²) in [5.41, 5.74) is 6.31. The fourth-order valence-corrected chi connectivity index (χ4v) is 4.21. The Morgan fingerprint density at radius 3 is 2.08 bits per heavy atom. The number of rotatable bonds is 16. The van der Waals surface area contributed by atoms with Crippen LogP contribution >= 0.6 is 0 Å². The van der Waals surface area contributed by atoms with Crippen LogP contribution in [0.5, 0.6) is 0 Å². The lowest BCUT2D eigenvalue weighted by Crippen LogP contribution is -2.54. The van der Waals surface area contributed by atoms with Crippen LogP contribution in [-0.4, -0.2) is 52.9 Å². The van der Waals surface area contributed by atoms with Crippen LogP contribution in [0.15, 0.2) is 24.3 Å². The number of benzene rings is 1. The third-order valence-electron chi connectivity index (χ3n) is 6.09. The SMILES string of the molecule is CCCCCCCCN(C(=O)C(CCC(N)=O)NC(=O)OC(C)(C)C)C(C(=O)NC(C)C)c1ccc(C)cc1. The first-order valence-corrected chi connectivity index (χ1v) is 14.2. The van der Waals surface area contributed by atoms with Crippen LogP contribution in [0.1, 0.15) is 110 Å². The van der Waals surface area contributed by atoms with Crippen molar-refractivity contribution in [1.29, 1.82) is 0 Å². The Hall–Kier alpha value is -3.10. The van der Waals surface area contributed by atoms with Gasteiger partial charge in [0.1, 0.15) is 17.7 Å². The van der Waals surface area contributed by atoms with Gasteiger partial charge in [0, 0.05) is 19.0 Å². The van der Waals surface area contributed by atoms with E-state index in [0.29, 0.717) is 18.5 Å². The minimum atomic E-state index is -1.09. The van der Waals surface area contributed by atoms with Crippen LogP contribution < -0.4 is 16.4 Å². The zero-order valence-electron chi connectivity index (χ0n) is 25.0. The number of nitrogens with one attached hydrogen (secondary N) is 2. The van der Waals surface area contributed by atoms with Crippen molar-refractivity contribution in [3.63, 3.8) is 0 Å². The molecule has 2 unspecified atom stereocenters. The summed E-state index contributed by atoms with van der Waals surface area (Å²) in [7, 11) is 0. The van der Waals surface area contributed by atoms with E-state index >= 15 is 0 Å². The summed E-state index contributed by atoms with van der Waals surface area (Å²) < 4.78 is 5.38. The van der Waals surface area contributed by atoms with Crippen molar-refractivity contribution in [1.82, 2.24) is 15.5 Å². The van der Waals surface area contributed by atoms with Gasteiger partial charge in [-0.15, -0.1) is 0 Å². The highest BCUT2D eigenvalue weighted by Crippen LogP contribution is 2.25. The summed E-state index contributed by atoms with van der Waals surface area (Å²) in [6.07, 6.45) is 5.14. The molecule has 4 amide bonds. The molecular formula is C30H50N4O5. The van der Waals surface area contributed by atoms with E-state index in [1.807, 2.05) is 45.0 Å². The first-order chi connectivity index (χ1) is 18.2. The third kappa shape index (κ3) is 13.5. The van der Waals surface area contributed by atoms with E-state index in [1.165, 1.54) is 4.90 Å².